The largest absolute Gasteiger partial charge is 0.508 e. The third kappa shape index (κ3) is 7.30. The monoisotopic (exact) mass is 591 g/mol. The van der Waals surface area contributed by atoms with E-state index >= 15 is 0 Å². The number of ether oxygens (including phenoxy) is 2. The number of amides is 1. The van der Waals surface area contributed by atoms with E-state index < -0.39 is 78.0 Å². The van der Waals surface area contributed by atoms with Crippen LogP contribution < -0.4 is 4.74 Å². The molecule has 0 saturated heterocycles. The molecule has 2 aromatic carbocycles. The molecular formula is C27H34F5NO6Si. The molecule has 2 atom stereocenters. The summed E-state index contributed by atoms with van der Waals surface area (Å²) in [5.41, 5.74) is -0.785. The van der Waals surface area contributed by atoms with Gasteiger partial charge in [0, 0.05) is 7.05 Å². The summed E-state index contributed by atoms with van der Waals surface area (Å²) in [6.07, 6.45) is -2.44. The normalized spacial score (nSPS) is 13.9. The summed E-state index contributed by atoms with van der Waals surface area (Å²) in [5.74, 6) is -15.3. The van der Waals surface area contributed by atoms with Crippen LogP contribution in [0.1, 0.15) is 53.2 Å². The Morgan fingerprint density at radius 1 is 0.850 bits per heavy atom. The van der Waals surface area contributed by atoms with Gasteiger partial charge in [0.2, 0.25) is 34.8 Å². The molecule has 2 rings (SSSR count). The first-order valence-electron chi connectivity index (χ1n) is 12.2. The number of aromatic hydroxyl groups is 1. The molecule has 13 heteroatoms. The molecule has 2 aromatic rings. The Bertz CT molecular complexity index is 1230. The second-order valence-electron chi connectivity index (χ2n) is 11.7. The van der Waals surface area contributed by atoms with Crippen LogP contribution in [-0.2, 0) is 14.0 Å². The molecule has 0 spiro atoms. The second-order valence-corrected chi connectivity index (χ2v) is 16.5. The lowest BCUT2D eigenvalue weighted by atomic mass is 10.0. The molecule has 0 fully saturated rings. The number of benzene rings is 2. The highest BCUT2D eigenvalue weighted by molar-refractivity contribution is 6.74. The Labute approximate surface area is 231 Å². The maximum Gasteiger partial charge on any atom is 0.410 e. The van der Waals surface area contributed by atoms with Gasteiger partial charge in [-0.25, -0.2) is 22.8 Å². The summed E-state index contributed by atoms with van der Waals surface area (Å²) in [5, 5.41) is 9.37. The van der Waals surface area contributed by atoms with Crippen LogP contribution in [0.15, 0.2) is 24.3 Å². The van der Waals surface area contributed by atoms with Crippen molar-refractivity contribution >= 4 is 20.4 Å². The van der Waals surface area contributed by atoms with Crippen LogP contribution in [0, 0.1) is 29.1 Å². The molecule has 1 amide bonds. The molecule has 222 valence electrons. The van der Waals surface area contributed by atoms with Crippen molar-refractivity contribution in [2.24, 2.45) is 0 Å². The van der Waals surface area contributed by atoms with E-state index in [2.05, 4.69) is 0 Å². The zero-order chi connectivity index (χ0) is 31.0. The Hall–Kier alpha value is -3.19. The summed E-state index contributed by atoms with van der Waals surface area (Å²) >= 11 is 0. The van der Waals surface area contributed by atoms with Gasteiger partial charge < -0.3 is 19.0 Å². The van der Waals surface area contributed by atoms with Gasteiger partial charge in [-0.1, -0.05) is 32.9 Å². The van der Waals surface area contributed by atoms with Crippen molar-refractivity contribution in [2.75, 3.05) is 7.05 Å². The van der Waals surface area contributed by atoms with E-state index in [1.165, 1.54) is 24.3 Å². The highest BCUT2D eigenvalue weighted by Crippen LogP contribution is 2.42. The quantitative estimate of drug-likeness (QED) is 0.0933. The highest BCUT2D eigenvalue weighted by Gasteiger charge is 2.46. The lowest BCUT2D eigenvalue weighted by molar-refractivity contribution is -0.144. The minimum atomic E-state index is -2.81. The number of likely N-dealkylation sites (N-methyl/N-ethyl adjacent to an activating group) is 1. The van der Waals surface area contributed by atoms with Crippen molar-refractivity contribution in [3.8, 4) is 11.5 Å². The van der Waals surface area contributed by atoms with Gasteiger partial charge in [0.1, 0.15) is 17.5 Å². The molecule has 0 aliphatic heterocycles. The predicted molar refractivity (Wildman–Crippen MR) is 139 cm³/mol. The third-order valence-corrected chi connectivity index (χ3v) is 10.9. The molecule has 40 heavy (non-hydrogen) atoms. The topological polar surface area (TPSA) is 85.3 Å². The summed E-state index contributed by atoms with van der Waals surface area (Å²) in [6.45, 7) is 14.0. The lowest BCUT2D eigenvalue weighted by Crippen LogP contribution is -2.53. The van der Waals surface area contributed by atoms with Crippen LogP contribution in [0.4, 0.5) is 26.7 Å². The lowest BCUT2D eigenvalue weighted by Gasteiger charge is -2.42. The number of rotatable bonds is 7. The Morgan fingerprint density at radius 2 is 1.30 bits per heavy atom. The van der Waals surface area contributed by atoms with E-state index in [1.807, 2.05) is 33.9 Å². The predicted octanol–water partition coefficient (Wildman–Crippen LogP) is 6.99. The van der Waals surface area contributed by atoms with Gasteiger partial charge in [-0.05, 0) is 56.6 Å². The summed E-state index contributed by atoms with van der Waals surface area (Å²) < 4.78 is 86.8. The summed E-state index contributed by atoms with van der Waals surface area (Å²) in [6, 6.07) is 3.53. The van der Waals surface area contributed by atoms with Gasteiger partial charge in [0.15, 0.2) is 14.4 Å². The molecular weight excluding hydrogens is 557 g/mol. The average molecular weight is 592 g/mol. The van der Waals surface area contributed by atoms with E-state index in [1.54, 1.807) is 20.8 Å². The molecule has 7 nitrogen and oxygen atoms in total. The van der Waals surface area contributed by atoms with E-state index in [0.29, 0.717) is 0 Å². The van der Waals surface area contributed by atoms with Crippen molar-refractivity contribution in [2.45, 2.75) is 77.4 Å². The van der Waals surface area contributed by atoms with E-state index in [9.17, 15) is 36.6 Å². The number of phenolic OH excluding ortho intramolecular Hbond substituents is 1. The maximum atomic E-state index is 14.4. The molecule has 0 bridgehead atoms. The summed E-state index contributed by atoms with van der Waals surface area (Å²) in [7, 11) is -1.67. The smallest absolute Gasteiger partial charge is 0.410 e. The standard InChI is InChI=1S/C27H34F5NO6Si/c1-26(2,3)38-25(36)33(7)21(24(35)37-23-19(31)17(29)16(28)18(30)20(23)32)22(14-10-12-15(34)13-11-14)39-40(8,9)27(4,5)6/h10-13,21-22,34H,1-9H3/t21-,22-/m0/s1. The number of esters is 1. The van der Waals surface area contributed by atoms with Crippen molar-refractivity contribution in [3.05, 3.63) is 58.9 Å². The van der Waals surface area contributed by atoms with Gasteiger partial charge in [-0.2, -0.15) is 8.78 Å². The van der Waals surface area contributed by atoms with Crippen LogP contribution in [-0.4, -0.2) is 49.1 Å². The number of carbonyl (C=O) groups is 2. The van der Waals surface area contributed by atoms with Crippen molar-refractivity contribution in [1.82, 2.24) is 4.90 Å². The van der Waals surface area contributed by atoms with E-state index in [4.69, 9.17) is 13.9 Å². The average Bonchev–Trinajstić information content (AvgIpc) is 2.82. The Kier molecular flexibility index (Phi) is 9.68. The number of carbonyl (C=O) groups excluding carboxylic acids is 2. The zero-order valence-electron chi connectivity index (χ0n) is 23.8. The van der Waals surface area contributed by atoms with Crippen molar-refractivity contribution in [3.63, 3.8) is 0 Å². The molecule has 0 heterocycles. The van der Waals surface area contributed by atoms with E-state index in [-0.39, 0.29) is 11.3 Å². The number of hydrogen-bond acceptors (Lipinski definition) is 6. The molecule has 0 saturated carbocycles. The van der Waals surface area contributed by atoms with Crippen molar-refractivity contribution in [1.29, 1.82) is 0 Å². The van der Waals surface area contributed by atoms with Gasteiger partial charge >= 0.3 is 12.1 Å². The minimum Gasteiger partial charge on any atom is -0.508 e. The minimum absolute atomic E-state index is 0.129. The molecule has 0 aromatic heterocycles. The maximum absolute atomic E-state index is 14.4. The van der Waals surface area contributed by atoms with Crippen LogP contribution in [0.2, 0.25) is 18.1 Å². The fourth-order valence-corrected chi connectivity index (χ4v) is 4.49. The number of halogens is 5. The van der Waals surface area contributed by atoms with Crippen LogP contribution in [0.25, 0.3) is 0 Å². The molecule has 0 aliphatic rings. The van der Waals surface area contributed by atoms with Crippen molar-refractivity contribution < 1.29 is 50.5 Å². The third-order valence-electron chi connectivity index (χ3n) is 6.45. The van der Waals surface area contributed by atoms with Crippen LogP contribution >= 0.6 is 0 Å². The fraction of sp³-hybridized carbons (Fsp3) is 0.481. The van der Waals surface area contributed by atoms with Crippen LogP contribution in [0.3, 0.4) is 0 Å². The first kappa shape index (κ1) is 33.0. The first-order chi connectivity index (χ1) is 18.1. The van der Waals surface area contributed by atoms with Crippen LogP contribution in [0.5, 0.6) is 11.5 Å². The first-order valence-corrected chi connectivity index (χ1v) is 15.2. The van der Waals surface area contributed by atoms with Gasteiger partial charge in [-0.15, -0.1) is 0 Å². The molecule has 0 unspecified atom stereocenters. The number of nitrogens with zero attached hydrogens (tertiary/aromatic N) is 1. The van der Waals surface area contributed by atoms with Gasteiger partial charge in [0.25, 0.3) is 0 Å². The van der Waals surface area contributed by atoms with Gasteiger partial charge in [0.05, 0.1) is 0 Å². The fourth-order valence-electron chi connectivity index (χ4n) is 3.24. The highest BCUT2D eigenvalue weighted by atomic mass is 28.4. The zero-order valence-corrected chi connectivity index (χ0v) is 24.8. The molecule has 1 N–H and O–H groups in total. The molecule has 0 radical (unpaired) electrons. The summed E-state index contributed by atoms with van der Waals surface area (Å²) in [4.78, 5) is 27.5. The Morgan fingerprint density at radius 3 is 1.73 bits per heavy atom. The van der Waals surface area contributed by atoms with Gasteiger partial charge in [-0.3, -0.25) is 4.90 Å². The number of phenols is 1. The molecule has 0 aliphatic carbocycles. The Balaban J connectivity index is 2.76. The second kappa shape index (κ2) is 11.7. The SMILES string of the molecule is CN(C(=O)OC(C)(C)C)[C@H](C(=O)Oc1c(F)c(F)c(F)c(F)c1F)[C@@H](O[Si](C)(C)C(C)(C)C)c1ccc(O)cc1. The van der Waals surface area contributed by atoms with E-state index in [0.717, 1.165) is 11.9 Å². The number of hydrogen-bond donors (Lipinski definition) is 1.